The molecule has 4 nitrogen and oxygen atoms in total. The van der Waals surface area contributed by atoms with Crippen molar-refractivity contribution >= 4 is 11.0 Å². The summed E-state index contributed by atoms with van der Waals surface area (Å²) < 4.78 is 8.05. The average Bonchev–Trinajstić information content (AvgIpc) is 3.25. The molecular formula is C19H13N3O. The van der Waals surface area contributed by atoms with Crippen LogP contribution in [0.25, 0.3) is 11.0 Å². The molecule has 0 spiro atoms. The molecule has 0 radical (unpaired) electrons. The van der Waals surface area contributed by atoms with Crippen molar-refractivity contribution in [1.82, 2.24) is 9.55 Å². The van der Waals surface area contributed by atoms with Crippen LogP contribution >= 0.6 is 0 Å². The maximum absolute atomic E-state index is 8.98. The van der Waals surface area contributed by atoms with E-state index in [2.05, 4.69) is 17.1 Å². The molecule has 0 amide bonds. The summed E-state index contributed by atoms with van der Waals surface area (Å²) in [4.78, 5) is 4.15. The molecular weight excluding hydrogens is 286 g/mol. The van der Waals surface area contributed by atoms with Gasteiger partial charge < -0.3 is 8.98 Å². The fourth-order valence-corrected chi connectivity index (χ4v) is 2.78. The summed E-state index contributed by atoms with van der Waals surface area (Å²) in [6.45, 7) is 0. The number of rotatable bonds is 3. The molecule has 0 aliphatic carbocycles. The Morgan fingerprint density at radius 1 is 1.09 bits per heavy atom. The van der Waals surface area contributed by atoms with Crippen LogP contribution in [0.2, 0.25) is 0 Å². The minimum absolute atomic E-state index is 0.113. The summed E-state index contributed by atoms with van der Waals surface area (Å²) in [5.74, 6) is 0.842. The van der Waals surface area contributed by atoms with Crippen LogP contribution in [0.15, 0.2) is 77.7 Å². The monoisotopic (exact) mass is 299 g/mol. The van der Waals surface area contributed by atoms with Crippen molar-refractivity contribution in [3.63, 3.8) is 0 Å². The first-order chi connectivity index (χ1) is 11.3. The highest BCUT2D eigenvalue weighted by Crippen LogP contribution is 2.31. The zero-order chi connectivity index (χ0) is 15.6. The predicted octanol–water partition coefficient (Wildman–Crippen LogP) is 4.14. The Hall–Kier alpha value is -3.32. The van der Waals surface area contributed by atoms with Gasteiger partial charge in [-0.2, -0.15) is 5.26 Å². The van der Waals surface area contributed by atoms with Gasteiger partial charge in [-0.15, -0.1) is 0 Å². The van der Waals surface area contributed by atoms with E-state index in [9.17, 15) is 0 Å². The number of aromatic nitrogens is 2. The topological polar surface area (TPSA) is 54.8 Å². The average molecular weight is 299 g/mol. The summed E-state index contributed by atoms with van der Waals surface area (Å²) in [5.41, 5.74) is 2.55. The zero-order valence-electron chi connectivity index (χ0n) is 12.3. The molecule has 1 atom stereocenters. The lowest BCUT2D eigenvalue weighted by molar-refractivity contribution is 0.487. The standard InChI is InChI=1S/C19H13N3O/c20-12-14-5-7-15(8-6-14)19(22-10-9-21-13-22)18-11-16-3-1-2-4-17(16)23-18/h1-11,13,19H. The molecule has 0 saturated carbocycles. The second-order valence-corrected chi connectivity index (χ2v) is 5.33. The van der Waals surface area contributed by atoms with Gasteiger partial charge in [0.15, 0.2) is 0 Å². The zero-order valence-corrected chi connectivity index (χ0v) is 12.3. The minimum Gasteiger partial charge on any atom is -0.458 e. The van der Waals surface area contributed by atoms with Crippen LogP contribution in [0.3, 0.4) is 0 Å². The Kier molecular flexibility index (Phi) is 3.17. The van der Waals surface area contributed by atoms with Crippen molar-refractivity contribution < 1.29 is 4.42 Å². The van der Waals surface area contributed by atoms with Crippen LogP contribution in [0.1, 0.15) is 22.9 Å². The van der Waals surface area contributed by atoms with E-state index < -0.39 is 0 Å². The molecule has 0 saturated heterocycles. The summed E-state index contributed by atoms with van der Waals surface area (Å²) in [6, 6.07) is 19.6. The van der Waals surface area contributed by atoms with Crippen molar-refractivity contribution in [3.8, 4) is 6.07 Å². The van der Waals surface area contributed by atoms with Crippen LogP contribution in [0.5, 0.6) is 0 Å². The molecule has 23 heavy (non-hydrogen) atoms. The van der Waals surface area contributed by atoms with Crippen molar-refractivity contribution in [1.29, 1.82) is 5.26 Å². The van der Waals surface area contributed by atoms with Gasteiger partial charge in [-0.25, -0.2) is 4.98 Å². The third-order valence-corrected chi connectivity index (χ3v) is 3.89. The van der Waals surface area contributed by atoms with E-state index in [4.69, 9.17) is 9.68 Å². The first-order valence-electron chi connectivity index (χ1n) is 7.31. The molecule has 2 heterocycles. The lowest BCUT2D eigenvalue weighted by Gasteiger charge is -2.16. The number of nitrogens with zero attached hydrogens (tertiary/aromatic N) is 3. The summed E-state index contributed by atoms with van der Waals surface area (Å²) in [6.07, 6.45) is 5.44. The van der Waals surface area contributed by atoms with Crippen LogP contribution in [-0.2, 0) is 0 Å². The van der Waals surface area contributed by atoms with Crippen molar-refractivity contribution in [3.05, 3.63) is 90.2 Å². The van der Waals surface area contributed by atoms with Gasteiger partial charge in [0.2, 0.25) is 0 Å². The van der Waals surface area contributed by atoms with E-state index in [1.807, 2.05) is 59.3 Å². The number of hydrogen-bond donors (Lipinski definition) is 0. The van der Waals surface area contributed by atoms with E-state index in [0.717, 1.165) is 22.3 Å². The van der Waals surface area contributed by atoms with Gasteiger partial charge >= 0.3 is 0 Å². The molecule has 1 unspecified atom stereocenters. The molecule has 110 valence electrons. The molecule has 4 aromatic rings. The van der Waals surface area contributed by atoms with Crippen molar-refractivity contribution in [2.45, 2.75) is 6.04 Å². The number of nitriles is 1. The van der Waals surface area contributed by atoms with Crippen LogP contribution in [0.4, 0.5) is 0 Å². The van der Waals surface area contributed by atoms with Crippen molar-refractivity contribution in [2.24, 2.45) is 0 Å². The predicted molar refractivity (Wildman–Crippen MR) is 86.8 cm³/mol. The first kappa shape index (κ1) is 13.4. The number of fused-ring (bicyclic) bond motifs is 1. The first-order valence-corrected chi connectivity index (χ1v) is 7.31. The van der Waals surface area contributed by atoms with Gasteiger partial charge in [0.1, 0.15) is 17.4 Å². The Balaban J connectivity index is 1.86. The molecule has 2 aromatic heterocycles. The smallest absolute Gasteiger partial charge is 0.134 e. The fraction of sp³-hybridized carbons (Fsp3) is 0.0526. The minimum atomic E-state index is -0.113. The number of para-hydroxylation sites is 1. The van der Waals surface area contributed by atoms with E-state index >= 15 is 0 Å². The maximum Gasteiger partial charge on any atom is 0.134 e. The molecule has 0 bridgehead atoms. The molecule has 4 rings (SSSR count). The molecule has 0 aliphatic rings. The fourth-order valence-electron chi connectivity index (χ4n) is 2.78. The quantitative estimate of drug-likeness (QED) is 0.571. The van der Waals surface area contributed by atoms with E-state index in [1.165, 1.54) is 0 Å². The number of imidazole rings is 1. The SMILES string of the molecule is N#Cc1ccc(C(c2cc3ccccc3o2)n2ccnc2)cc1. The van der Waals surface area contributed by atoms with Crippen molar-refractivity contribution in [2.75, 3.05) is 0 Å². The summed E-state index contributed by atoms with van der Waals surface area (Å²) in [5, 5.41) is 10.1. The largest absolute Gasteiger partial charge is 0.458 e. The Labute approximate surface area is 133 Å². The lowest BCUT2D eigenvalue weighted by atomic mass is 10.0. The number of hydrogen-bond acceptors (Lipinski definition) is 3. The third-order valence-electron chi connectivity index (χ3n) is 3.89. The maximum atomic E-state index is 8.98. The molecule has 0 fully saturated rings. The van der Waals surface area contributed by atoms with Gasteiger partial charge in [-0.05, 0) is 29.8 Å². The number of furan rings is 1. The molecule has 0 aliphatic heterocycles. The van der Waals surface area contributed by atoms with E-state index in [1.54, 1.807) is 12.5 Å². The second kappa shape index (κ2) is 5.47. The van der Waals surface area contributed by atoms with Crippen LogP contribution < -0.4 is 0 Å². The Morgan fingerprint density at radius 2 is 1.91 bits per heavy atom. The highest BCUT2D eigenvalue weighted by Gasteiger charge is 2.20. The summed E-state index contributed by atoms with van der Waals surface area (Å²) >= 11 is 0. The normalized spacial score (nSPS) is 12.1. The Bertz CT molecular complexity index is 943. The molecule has 0 N–H and O–H groups in total. The van der Waals surface area contributed by atoms with E-state index in [0.29, 0.717) is 5.56 Å². The molecule has 4 heteroatoms. The Morgan fingerprint density at radius 3 is 2.61 bits per heavy atom. The lowest BCUT2D eigenvalue weighted by Crippen LogP contribution is -2.09. The van der Waals surface area contributed by atoms with Gasteiger partial charge in [0.25, 0.3) is 0 Å². The van der Waals surface area contributed by atoms with Gasteiger partial charge in [-0.3, -0.25) is 0 Å². The van der Waals surface area contributed by atoms with Crippen LogP contribution in [0, 0.1) is 11.3 Å². The third kappa shape index (κ3) is 2.39. The number of benzene rings is 2. The highest BCUT2D eigenvalue weighted by atomic mass is 16.3. The summed E-state index contributed by atoms with van der Waals surface area (Å²) in [7, 11) is 0. The van der Waals surface area contributed by atoms with Crippen LogP contribution in [-0.4, -0.2) is 9.55 Å². The van der Waals surface area contributed by atoms with Gasteiger partial charge in [0.05, 0.1) is 18.0 Å². The van der Waals surface area contributed by atoms with E-state index in [-0.39, 0.29) is 6.04 Å². The van der Waals surface area contributed by atoms with Gasteiger partial charge in [-0.1, -0.05) is 30.3 Å². The van der Waals surface area contributed by atoms with Gasteiger partial charge in [0, 0.05) is 17.8 Å². The molecule has 2 aromatic carbocycles. The second-order valence-electron chi connectivity index (χ2n) is 5.33. The highest BCUT2D eigenvalue weighted by molar-refractivity contribution is 5.78.